The molecule has 102 valence electrons. The van der Waals surface area contributed by atoms with Gasteiger partial charge in [0.05, 0.1) is 6.54 Å². The van der Waals surface area contributed by atoms with Crippen molar-refractivity contribution in [2.45, 2.75) is 39.0 Å². The maximum Gasteiger partial charge on any atom is 0.233 e. The summed E-state index contributed by atoms with van der Waals surface area (Å²) in [7, 11) is 0. The first-order chi connectivity index (χ1) is 8.67. The maximum absolute atomic E-state index is 11.3. The van der Waals surface area contributed by atoms with E-state index in [4.69, 9.17) is 5.73 Å². The Hall–Kier alpha value is -0.570. The van der Waals surface area contributed by atoms with Gasteiger partial charge in [-0.05, 0) is 67.6 Å². The van der Waals surface area contributed by atoms with Crippen LogP contribution in [0.5, 0.6) is 0 Å². The van der Waals surface area contributed by atoms with E-state index in [9.17, 15) is 4.79 Å². The molecule has 0 aromatic heterocycles. The van der Waals surface area contributed by atoms with Crippen molar-refractivity contribution in [1.82, 2.24) is 5.32 Å². The van der Waals surface area contributed by atoms with Gasteiger partial charge in [0.25, 0.3) is 0 Å². The number of carbonyl (C=O) groups excluding carboxylic acids is 1. The quantitative estimate of drug-likeness (QED) is 0.799. The van der Waals surface area contributed by atoms with Crippen molar-refractivity contribution in [3.8, 4) is 0 Å². The van der Waals surface area contributed by atoms with Crippen LogP contribution in [0.4, 0.5) is 0 Å². The zero-order valence-corrected chi connectivity index (χ0v) is 11.4. The first-order valence-electron chi connectivity index (χ1n) is 7.64. The van der Waals surface area contributed by atoms with E-state index >= 15 is 0 Å². The van der Waals surface area contributed by atoms with Crippen LogP contribution in [-0.4, -0.2) is 19.0 Å². The molecule has 4 bridgehead atoms. The molecule has 0 aromatic carbocycles. The molecule has 0 aliphatic heterocycles. The van der Waals surface area contributed by atoms with Crippen LogP contribution in [0.2, 0.25) is 0 Å². The number of carbonyl (C=O) groups is 1. The molecule has 4 aliphatic rings. The van der Waals surface area contributed by atoms with Gasteiger partial charge in [-0.15, -0.1) is 0 Å². The average molecular weight is 250 g/mol. The van der Waals surface area contributed by atoms with Crippen molar-refractivity contribution in [3.05, 3.63) is 0 Å². The Bertz CT molecular complexity index is 300. The number of nitrogens with one attached hydrogen (secondary N) is 1. The summed E-state index contributed by atoms with van der Waals surface area (Å²) in [5.74, 6) is 5.44. The highest BCUT2D eigenvalue weighted by Crippen LogP contribution is 2.58. The van der Waals surface area contributed by atoms with E-state index in [0.717, 1.165) is 36.1 Å². The lowest BCUT2D eigenvalue weighted by Crippen LogP contribution is -2.49. The molecule has 0 saturated heterocycles. The van der Waals surface area contributed by atoms with Gasteiger partial charge in [-0.3, -0.25) is 4.79 Å². The number of nitrogens with two attached hydrogens (primary N) is 1. The van der Waals surface area contributed by atoms with Gasteiger partial charge in [0.15, 0.2) is 0 Å². The van der Waals surface area contributed by atoms with E-state index in [0.29, 0.717) is 5.92 Å². The maximum atomic E-state index is 11.3. The Labute approximate surface area is 110 Å². The predicted octanol–water partition coefficient (Wildman–Crippen LogP) is 1.77. The Balaban J connectivity index is 1.60. The SMILES string of the molecule is CC(CNC(=O)CN)C1C2CC3CC(C2)CC1C3. The third-order valence-corrected chi connectivity index (χ3v) is 5.76. The van der Waals surface area contributed by atoms with Crippen molar-refractivity contribution >= 4 is 5.91 Å². The minimum absolute atomic E-state index is 0.00864. The molecule has 1 atom stereocenters. The molecule has 1 unspecified atom stereocenters. The van der Waals surface area contributed by atoms with Crippen LogP contribution in [0.3, 0.4) is 0 Å². The van der Waals surface area contributed by atoms with Crippen LogP contribution in [0.15, 0.2) is 0 Å². The minimum Gasteiger partial charge on any atom is -0.355 e. The first kappa shape index (κ1) is 12.5. The van der Waals surface area contributed by atoms with Crippen molar-refractivity contribution in [2.75, 3.05) is 13.1 Å². The summed E-state index contributed by atoms with van der Waals surface area (Å²) in [4.78, 5) is 11.3. The van der Waals surface area contributed by atoms with Crippen LogP contribution in [0, 0.1) is 35.5 Å². The largest absolute Gasteiger partial charge is 0.355 e. The van der Waals surface area contributed by atoms with Gasteiger partial charge in [-0.25, -0.2) is 0 Å². The van der Waals surface area contributed by atoms with Crippen molar-refractivity contribution < 1.29 is 4.79 Å². The Morgan fingerprint density at radius 2 is 1.72 bits per heavy atom. The van der Waals surface area contributed by atoms with E-state index < -0.39 is 0 Å². The van der Waals surface area contributed by atoms with Gasteiger partial charge in [0.2, 0.25) is 5.91 Å². The van der Waals surface area contributed by atoms with E-state index in [-0.39, 0.29) is 12.5 Å². The molecule has 4 saturated carbocycles. The highest BCUT2D eigenvalue weighted by atomic mass is 16.1. The normalized spacial score (nSPS) is 42.9. The molecule has 4 fully saturated rings. The Kier molecular flexibility index (Phi) is 3.35. The number of rotatable bonds is 4. The second-order valence-electron chi connectivity index (χ2n) is 6.99. The van der Waals surface area contributed by atoms with Crippen LogP contribution in [0.25, 0.3) is 0 Å². The molecule has 0 spiro atoms. The smallest absolute Gasteiger partial charge is 0.233 e. The first-order valence-corrected chi connectivity index (χ1v) is 7.64. The summed E-state index contributed by atoms with van der Waals surface area (Å²) in [5, 5.41) is 2.98. The van der Waals surface area contributed by atoms with Crippen LogP contribution >= 0.6 is 0 Å². The lowest BCUT2D eigenvalue weighted by atomic mass is 9.50. The second-order valence-corrected chi connectivity index (χ2v) is 6.99. The second kappa shape index (κ2) is 4.84. The molecular weight excluding hydrogens is 224 g/mol. The molecule has 3 heteroatoms. The fourth-order valence-corrected chi connectivity index (χ4v) is 5.38. The lowest BCUT2D eigenvalue weighted by molar-refractivity contribution is -0.120. The summed E-state index contributed by atoms with van der Waals surface area (Å²) in [5.41, 5.74) is 5.34. The van der Waals surface area contributed by atoms with E-state index in [2.05, 4.69) is 12.2 Å². The number of amides is 1. The lowest BCUT2D eigenvalue weighted by Gasteiger charge is -2.56. The zero-order valence-electron chi connectivity index (χ0n) is 11.4. The van der Waals surface area contributed by atoms with Crippen LogP contribution < -0.4 is 11.1 Å². The Morgan fingerprint density at radius 1 is 1.17 bits per heavy atom. The molecule has 1 amide bonds. The molecule has 4 rings (SSSR count). The topological polar surface area (TPSA) is 55.1 Å². The summed E-state index contributed by atoms with van der Waals surface area (Å²) >= 11 is 0. The van der Waals surface area contributed by atoms with Crippen molar-refractivity contribution in [1.29, 1.82) is 0 Å². The molecule has 4 aliphatic carbocycles. The molecule has 3 nitrogen and oxygen atoms in total. The molecular formula is C15H26N2O. The molecule has 0 heterocycles. The van der Waals surface area contributed by atoms with Crippen molar-refractivity contribution in [2.24, 2.45) is 41.2 Å². The fraction of sp³-hybridized carbons (Fsp3) is 0.933. The minimum atomic E-state index is -0.00864. The van der Waals surface area contributed by atoms with Gasteiger partial charge in [-0.2, -0.15) is 0 Å². The molecule has 18 heavy (non-hydrogen) atoms. The van der Waals surface area contributed by atoms with E-state index in [1.807, 2.05) is 0 Å². The molecule has 3 N–H and O–H groups in total. The summed E-state index contributed by atoms with van der Waals surface area (Å²) in [6.07, 6.45) is 7.37. The number of hydrogen-bond acceptors (Lipinski definition) is 2. The monoisotopic (exact) mass is 250 g/mol. The summed E-state index contributed by atoms with van der Waals surface area (Å²) in [6, 6.07) is 0. The number of hydrogen-bond donors (Lipinski definition) is 2. The van der Waals surface area contributed by atoms with E-state index in [1.165, 1.54) is 32.1 Å². The fourth-order valence-electron chi connectivity index (χ4n) is 5.38. The third-order valence-electron chi connectivity index (χ3n) is 5.76. The predicted molar refractivity (Wildman–Crippen MR) is 71.8 cm³/mol. The van der Waals surface area contributed by atoms with Crippen LogP contribution in [-0.2, 0) is 4.79 Å². The van der Waals surface area contributed by atoms with Crippen molar-refractivity contribution in [3.63, 3.8) is 0 Å². The van der Waals surface area contributed by atoms with Gasteiger partial charge in [0.1, 0.15) is 0 Å². The standard InChI is InChI=1S/C15H26N2O/c1-9(8-17-14(18)7-16)15-12-3-10-2-11(5-12)6-13(15)4-10/h9-13,15H,2-8,16H2,1H3,(H,17,18). The average Bonchev–Trinajstić information content (AvgIpc) is 2.34. The highest BCUT2D eigenvalue weighted by molar-refractivity contribution is 5.77. The van der Waals surface area contributed by atoms with Gasteiger partial charge in [-0.1, -0.05) is 6.92 Å². The van der Waals surface area contributed by atoms with Gasteiger partial charge in [0, 0.05) is 6.54 Å². The zero-order chi connectivity index (χ0) is 12.7. The summed E-state index contributed by atoms with van der Waals surface area (Å²) in [6.45, 7) is 3.27. The van der Waals surface area contributed by atoms with Gasteiger partial charge >= 0.3 is 0 Å². The third kappa shape index (κ3) is 2.18. The summed E-state index contributed by atoms with van der Waals surface area (Å²) < 4.78 is 0. The molecule has 0 radical (unpaired) electrons. The van der Waals surface area contributed by atoms with Crippen LogP contribution in [0.1, 0.15) is 39.0 Å². The van der Waals surface area contributed by atoms with E-state index in [1.54, 1.807) is 0 Å². The Morgan fingerprint density at radius 3 is 2.22 bits per heavy atom. The highest BCUT2D eigenvalue weighted by Gasteiger charge is 2.49. The molecule has 0 aromatic rings. The van der Waals surface area contributed by atoms with Gasteiger partial charge < -0.3 is 11.1 Å².